The molecule has 1 unspecified atom stereocenters. The van der Waals surface area contributed by atoms with E-state index in [4.69, 9.17) is 9.84 Å². The molecule has 6 nitrogen and oxygen atoms in total. The molecule has 0 spiro atoms. The van der Waals surface area contributed by atoms with Crippen LogP contribution in [0.1, 0.15) is 44.2 Å². The fourth-order valence-electron chi connectivity index (χ4n) is 3.02. The second-order valence-electron chi connectivity index (χ2n) is 7.69. The molecule has 0 aliphatic heterocycles. The number of rotatable bonds is 16. The van der Waals surface area contributed by atoms with Crippen molar-refractivity contribution in [2.75, 3.05) is 31.2 Å². The van der Waals surface area contributed by atoms with E-state index in [9.17, 15) is 14.7 Å². The van der Waals surface area contributed by atoms with Crippen LogP contribution in [-0.4, -0.2) is 70.4 Å². The van der Waals surface area contributed by atoms with E-state index < -0.39 is 12.1 Å². The van der Waals surface area contributed by atoms with Crippen LogP contribution in [0.2, 0.25) is 0 Å². The molecule has 0 saturated carbocycles. The minimum absolute atomic E-state index is 0.0408. The van der Waals surface area contributed by atoms with Gasteiger partial charge >= 0.3 is 11.9 Å². The summed E-state index contributed by atoms with van der Waals surface area (Å²) in [6, 6.07) is 8.05. The van der Waals surface area contributed by atoms with Crippen molar-refractivity contribution in [3.05, 3.63) is 47.5 Å². The summed E-state index contributed by atoms with van der Waals surface area (Å²) in [6.07, 6.45) is 5.27. The second-order valence-corrected chi connectivity index (χ2v) is 8.91. The van der Waals surface area contributed by atoms with E-state index in [1.54, 1.807) is 17.8 Å². The summed E-state index contributed by atoms with van der Waals surface area (Å²) in [5, 5.41) is 19.1. The molecule has 0 aromatic heterocycles. The summed E-state index contributed by atoms with van der Waals surface area (Å²) in [5.41, 5.74) is 2.25. The number of carbonyl (C=O) groups is 2. The van der Waals surface area contributed by atoms with E-state index in [0.717, 1.165) is 23.5 Å². The molecule has 2 N–H and O–H groups in total. The minimum Gasteiger partial charge on any atom is -0.481 e. The molecule has 0 aliphatic carbocycles. The van der Waals surface area contributed by atoms with E-state index in [1.807, 2.05) is 49.9 Å². The third-order valence-electron chi connectivity index (χ3n) is 4.72. The Bertz CT molecular complexity index is 694. The van der Waals surface area contributed by atoms with Crippen molar-refractivity contribution in [1.29, 1.82) is 0 Å². The molecular formula is C24H37NO5S. The molecule has 7 heteroatoms. The van der Waals surface area contributed by atoms with E-state index in [1.165, 1.54) is 5.56 Å². The van der Waals surface area contributed by atoms with Crippen LogP contribution in [0.4, 0.5) is 0 Å². The van der Waals surface area contributed by atoms with Gasteiger partial charge < -0.3 is 14.9 Å². The second kappa shape index (κ2) is 15.9. The number of aliphatic hydroxyl groups is 1. The molecule has 0 amide bonds. The Kier molecular flexibility index (Phi) is 13.9. The third-order valence-corrected chi connectivity index (χ3v) is 5.77. The van der Waals surface area contributed by atoms with Crippen molar-refractivity contribution in [2.45, 2.75) is 58.6 Å². The highest BCUT2D eigenvalue weighted by molar-refractivity contribution is 7.99. The van der Waals surface area contributed by atoms with E-state index in [2.05, 4.69) is 6.07 Å². The number of aryl methyl sites for hydroxylation is 1. The van der Waals surface area contributed by atoms with Crippen molar-refractivity contribution in [2.24, 2.45) is 0 Å². The summed E-state index contributed by atoms with van der Waals surface area (Å²) in [7, 11) is 0. The van der Waals surface area contributed by atoms with Gasteiger partial charge in [0.15, 0.2) is 0 Å². The van der Waals surface area contributed by atoms with Crippen LogP contribution < -0.4 is 0 Å². The van der Waals surface area contributed by atoms with E-state index in [-0.39, 0.29) is 25.0 Å². The molecule has 0 aliphatic rings. The first-order chi connectivity index (χ1) is 14.8. The molecule has 2 atom stereocenters. The standard InChI is InChI=1S/C24H37NO5S/c1-4-13-30-24(29)18-25(12-15-31-14-6-9-23(27)28)20(3)10-11-22(26)17-21-8-5-7-19(2)16-21/h5,7-8,10-11,16,20,22,26H,4,6,9,12-15,17-18H2,1-3H3,(H,27,28)/b11-10+/t20?,22-/m1/s1. The first kappa shape index (κ1) is 27.2. The quantitative estimate of drug-likeness (QED) is 0.225. The average Bonchev–Trinajstić information content (AvgIpc) is 2.71. The lowest BCUT2D eigenvalue weighted by Gasteiger charge is -2.26. The maximum absolute atomic E-state index is 12.1. The molecule has 0 heterocycles. The number of hydrogen-bond acceptors (Lipinski definition) is 6. The number of nitrogens with zero attached hydrogens (tertiary/aromatic N) is 1. The van der Waals surface area contributed by atoms with Crippen LogP contribution in [0.25, 0.3) is 0 Å². The topological polar surface area (TPSA) is 87.1 Å². The summed E-state index contributed by atoms with van der Waals surface area (Å²) < 4.78 is 5.23. The first-order valence-electron chi connectivity index (χ1n) is 10.9. The van der Waals surface area contributed by atoms with Gasteiger partial charge in [-0.25, -0.2) is 0 Å². The van der Waals surface area contributed by atoms with Crippen LogP contribution in [0.15, 0.2) is 36.4 Å². The van der Waals surface area contributed by atoms with Crippen molar-refractivity contribution in [3.63, 3.8) is 0 Å². The summed E-state index contributed by atoms with van der Waals surface area (Å²) in [6.45, 7) is 7.27. The van der Waals surface area contributed by atoms with Gasteiger partial charge in [-0.1, -0.05) is 48.9 Å². The van der Waals surface area contributed by atoms with E-state index in [0.29, 0.717) is 26.0 Å². The zero-order chi connectivity index (χ0) is 23.1. The molecule has 1 rings (SSSR count). The van der Waals surface area contributed by atoms with Gasteiger partial charge in [0.05, 0.1) is 19.3 Å². The van der Waals surface area contributed by atoms with E-state index >= 15 is 0 Å². The normalized spacial score (nSPS) is 13.5. The summed E-state index contributed by atoms with van der Waals surface area (Å²) in [4.78, 5) is 24.8. The SMILES string of the molecule is CCCOC(=O)CN(CCSCCCC(=O)O)C(C)/C=C/[C@@H](O)Cc1cccc(C)c1. The highest BCUT2D eigenvalue weighted by Crippen LogP contribution is 2.11. The van der Waals surface area contributed by atoms with Crippen LogP contribution in [-0.2, 0) is 20.7 Å². The predicted molar refractivity (Wildman–Crippen MR) is 127 cm³/mol. The monoisotopic (exact) mass is 451 g/mol. The molecule has 174 valence electrons. The van der Waals surface area contributed by atoms with Crippen LogP contribution >= 0.6 is 11.8 Å². The van der Waals surface area contributed by atoms with Gasteiger partial charge in [-0.2, -0.15) is 11.8 Å². The Balaban J connectivity index is 2.58. The number of thioether (sulfide) groups is 1. The van der Waals surface area contributed by atoms with Gasteiger partial charge in [-0.05, 0) is 38.0 Å². The number of aliphatic hydroxyl groups excluding tert-OH is 1. The number of ether oxygens (including phenoxy) is 1. The van der Waals surface area contributed by atoms with Crippen molar-refractivity contribution in [3.8, 4) is 0 Å². The molecule has 0 saturated heterocycles. The maximum atomic E-state index is 12.1. The van der Waals surface area contributed by atoms with Gasteiger partial charge in [0, 0.05) is 31.2 Å². The Hall–Kier alpha value is -1.83. The fraction of sp³-hybridized carbons (Fsp3) is 0.583. The zero-order valence-electron chi connectivity index (χ0n) is 19.0. The number of carbonyl (C=O) groups excluding carboxylic acids is 1. The first-order valence-corrected chi connectivity index (χ1v) is 12.1. The smallest absolute Gasteiger partial charge is 0.320 e. The lowest BCUT2D eigenvalue weighted by atomic mass is 10.0. The molecular weight excluding hydrogens is 414 g/mol. The van der Waals surface area contributed by atoms with Gasteiger partial charge in [-0.3, -0.25) is 14.5 Å². The summed E-state index contributed by atoms with van der Waals surface area (Å²) in [5.74, 6) is 0.548. The Morgan fingerprint density at radius 3 is 2.71 bits per heavy atom. The molecule has 0 bridgehead atoms. The molecule has 1 aromatic rings. The number of aliphatic carboxylic acids is 1. The van der Waals surface area contributed by atoms with Gasteiger partial charge in [0.1, 0.15) is 0 Å². The number of benzene rings is 1. The molecule has 31 heavy (non-hydrogen) atoms. The maximum Gasteiger partial charge on any atom is 0.320 e. The van der Waals surface area contributed by atoms with Crippen LogP contribution in [0.3, 0.4) is 0 Å². The van der Waals surface area contributed by atoms with Crippen LogP contribution in [0.5, 0.6) is 0 Å². The highest BCUT2D eigenvalue weighted by atomic mass is 32.2. The molecule has 1 aromatic carbocycles. The molecule has 0 fully saturated rings. The lowest BCUT2D eigenvalue weighted by Crippen LogP contribution is -2.39. The average molecular weight is 452 g/mol. The number of carboxylic acids is 1. The largest absolute Gasteiger partial charge is 0.481 e. The van der Waals surface area contributed by atoms with Crippen molar-refractivity contribution in [1.82, 2.24) is 4.90 Å². The predicted octanol–water partition coefficient (Wildman–Crippen LogP) is 3.70. The third kappa shape index (κ3) is 13.2. The van der Waals surface area contributed by atoms with Gasteiger partial charge in [0.2, 0.25) is 0 Å². The summed E-state index contributed by atoms with van der Waals surface area (Å²) >= 11 is 1.68. The Labute approximate surface area is 190 Å². The van der Waals surface area contributed by atoms with Crippen LogP contribution in [0, 0.1) is 6.92 Å². The molecule has 0 radical (unpaired) electrons. The number of carboxylic acid groups (broad SMARTS) is 1. The van der Waals surface area contributed by atoms with Crippen molar-refractivity contribution >= 4 is 23.7 Å². The fourth-order valence-corrected chi connectivity index (χ4v) is 3.94. The van der Waals surface area contributed by atoms with Crippen molar-refractivity contribution < 1.29 is 24.5 Å². The Morgan fingerprint density at radius 2 is 2.03 bits per heavy atom. The highest BCUT2D eigenvalue weighted by Gasteiger charge is 2.16. The van der Waals surface area contributed by atoms with Gasteiger partial charge in [0.25, 0.3) is 0 Å². The number of esters is 1. The zero-order valence-corrected chi connectivity index (χ0v) is 19.8. The lowest BCUT2D eigenvalue weighted by molar-refractivity contribution is -0.145. The number of hydrogen-bond donors (Lipinski definition) is 2. The van der Waals surface area contributed by atoms with Gasteiger partial charge in [-0.15, -0.1) is 0 Å². The Morgan fingerprint density at radius 1 is 1.26 bits per heavy atom. The minimum atomic E-state index is -0.774.